The van der Waals surface area contributed by atoms with Crippen LogP contribution in [0.4, 0.5) is 0 Å². The van der Waals surface area contributed by atoms with Crippen LogP contribution in [0.25, 0.3) is 10.9 Å². The number of para-hydroxylation sites is 1. The number of hydrogen-bond acceptors (Lipinski definition) is 4. The summed E-state index contributed by atoms with van der Waals surface area (Å²) >= 11 is 0. The zero-order valence-electron chi connectivity index (χ0n) is 13.0. The number of nitrogens with one attached hydrogen (secondary N) is 1. The number of carbonyl (C=O) groups excluding carboxylic acids is 2. The van der Waals surface area contributed by atoms with E-state index in [9.17, 15) is 20.1 Å². The Balaban J connectivity index is 1.94. The molecule has 1 N–H and O–H groups in total. The van der Waals surface area contributed by atoms with Crippen LogP contribution in [0.3, 0.4) is 0 Å². The Morgan fingerprint density at radius 3 is 2.00 bits per heavy atom. The monoisotopic (exact) mass is 325 g/mol. The Morgan fingerprint density at radius 1 is 0.880 bits per heavy atom. The molecule has 2 aromatic carbocycles. The van der Waals surface area contributed by atoms with Crippen LogP contribution in [-0.4, -0.2) is 16.6 Å². The van der Waals surface area contributed by atoms with Gasteiger partial charge in [0.25, 0.3) is 0 Å². The van der Waals surface area contributed by atoms with Gasteiger partial charge in [0.2, 0.25) is 0 Å². The number of fused-ring (bicyclic) bond motifs is 2. The van der Waals surface area contributed by atoms with Gasteiger partial charge in [-0.15, -0.1) is 0 Å². The molecule has 0 saturated heterocycles. The van der Waals surface area contributed by atoms with E-state index in [2.05, 4.69) is 4.98 Å². The summed E-state index contributed by atoms with van der Waals surface area (Å²) in [6.45, 7) is 0. The molecule has 0 amide bonds. The fourth-order valence-corrected chi connectivity index (χ4v) is 3.45. The smallest absolute Gasteiger partial charge is 0.200 e. The van der Waals surface area contributed by atoms with Crippen molar-refractivity contribution in [3.63, 3.8) is 0 Å². The molecule has 0 bridgehead atoms. The first-order chi connectivity index (χ1) is 12.1. The molecule has 4 rings (SSSR count). The van der Waals surface area contributed by atoms with Crippen molar-refractivity contribution >= 4 is 22.5 Å². The molecule has 0 fully saturated rings. The lowest BCUT2D eigenvalue weighted by Crippen LogP contribution is -2.39. The van der Waals surface area contributed by atoms with E-state index in [1.807, 2.05) is 36.4 Å². The Morgan fingerprint density at radius 2 is 1.44 bits per heavy atom. The average Bonchev–Trinajstić information content (AvgIpc) is 3.19. The largest absolute Gasteiger partial charge is 0.356 e. The van der Waals surface area contributed by atoms with Gasteiger partial charge in [0.15, 0.2) is 17.0 Å². The molecular weight excluding hydrogens is 314 g/mol. The summed E-state index contributed by atoms with van der Waals surface area (Å²) < 4.78 is 0. The molecule has 0 spiro atoms. The van der Waals surface area contributed by atoms with Gasteiger partial charge in [-0.25, -0.2) is 0 Å². The van der Waals surface area contributed by atoms with Crippen molar-refractivity contribution in [2.45, 2.75) is 5.41 Å². The van der Waals surface area contributed by atoms with Gasteiger partial charge in [-0.3, -0.25) is 9.59 Å². The van der Waals surface area contributed by atoms with Crippen molar-refractivity contribution in [1.29, 1.82) is 10.5 Å². The number of hydrogen-bond donors (Lipinski definition) is 1. The summed E-state index contributed by atoms with van der Waals surface area (Å²) in [6.07, 6.45) is 0. The van der Waals surface area contributed by atoms with Crippen LogP contribution in [-0.2, 0) is 5.41 Å². The number of nitrogens with zero attached hydrogens (tertiary/aromatic N) is 2. The van der Waals surface area contributed by atoms with Crippen LogP contribution in [0.15, 0.2) is 54.6 Å². The summed E-state index contributed by atoms with van der Waals surface area (Å²) in [5.41, 5.74) is -0.361. The maximum atomic E-state index is 12.8. The van der Waals surface area contributed by atoms with E-state index in [1.165, 1.54) is 0 Å². The minimum absolute atomic E-state index is 0.262. The van der Waals surface area contributed by atoms with Crippen molar-refractivity contribution in [3.8, 4) is 12.1 Å². The summed E-state index contributed by atoms with van der Waals surface area (Å²) in [5.74, 6) is -2.34. The number of carbonyl (C=O) groups is 2. The van der Waals surface area contributed by atoms with Crippen LogP contribution in [0.5, 0.6) is 0 Å². The second-order valence-electron chi connectivity index (χ2n) is 6.01. The van der Waals surface area contributed by atoms with Crippen LogP contribution >= 0.6 is 0 Å². The molecule has 1 aliphatic rings. The number of ketones is 2. The van der Waals surface area contributed by atoms with Crippen molar-refractivity contribution in [1.82, 2.24) is 4.98 Å². The van der Waals surface area contributed by atoms with Crippen molar-refractivity contribution in [2.75, 3.05) is 0 Å². The van der Waals surface area contributed by atoms with E-state index < -0.39 is 22.9 Å². The first kappa shape index (κ1) is 14.9. The third-order valence-electron chi connectivity index (χ3n) is 4.72. The number of aromatic amines is 1. The van der Waals surface area contributed by atoms with Gasteiger partial charge < -0.3 is 4.98 Å². The summed E-state index contributed by atoms with van der Waals surface area (Å²) in [5, 5.41) is 20.5. The second kappa shape index (κ2) is 5.15. The lowest BCUT2D eigenvalue weighted by molar-refractivity contribution is 0.0806. The molecule has 0 radical (unpaired) electrons. The number of nitriles is 2. The minimum atomic E-state index is -1.90. The van der Waals surface area contributed by atoms with E-state index >= 15 is 0 Å². The van der Waals surface area contributed by atoms with Gasteiger partial charge in [0.05, 0.1) is 17.8 Å². The highest BCUT2D eigenvalue weighted by atomic mass is 16.2. The molecule has 5 nitrogen and oxygen atoms in total. The SMILES string of the molecule is N#CC(C#N)(c1cc2ccccc2[nH]1)C1C(=O)c2ccccc2C1=O. The normalized spacial score (nSPS) is 14.3. The van der Waals surface area contributed by atoms with Gasteiger partial charge in [0.1, 0.15) is 5.92 Å². The highest BCUT2D eigenvalue weighted by Crippen LogP contribution is 2.41. The maximum Gasteiger partial charge on any atom is 0.200 e. The van der Waals surface area contributed by atoms with Crippen LogP contribution in [0, 0.1) is 28.6 Å². The quantitative estimate of drug-likeness (QED) is 0.732. The lowest BCUT2D eigenvalue weighted by atomic mass is 9.72. The highest BCUT2D eigenvalue weighted by Gasteiger charge is 2.55. The molecule has 0 saturated carbocycles. The lowest BCUT2D eigenvalue weighted by Gasteiger charge is -2.22. The summed E-state index contributed by atoms with van der Waals surface area (Å²) in [6, 6.07) is 19.3. The molecule has 1 aromatic heterocycles. The molecule has 3 aromatic rings. The summed E-state index contributed by atoms with van der Waals surface area (Å²) in [7, 11) is 0. The minimum Gasteiger partial charge on any atom is -0.356 e. The first-order valence-corrected chi connectivity index (χ1v) is 7.70. The molecular formula is C20H11N3O2. The van der Waals surface area contributed by atoms with E-state index in [1.54, 1.807) is 30.3 Å². The zero-order valence-corrected chi connectivity index (χ0v) is 13.0. The summed E-state index contributed by atoms with van der Waals surface area (Å²) in [4.78, 5) is 28.7. The average molecular weight is 325 g/mol. The Bertz CT molecular complexity index is 1050. The molecule has 5 heteroatoms. The number of rotatable bonds is 2. The third kappa shape index (κ3) is 1.87. The Labute approximate surface area is 143 Å². The van der Waals surface area contributed by atoms with Crippen molar-refractivity contribution in [2.24, 2.45) is 5.92 Å². The van der Waals surface area contributed by atoms with Gasteiger partial charge in [-0.2, -0.15) is 10.5 Å². The second-order valence-corrected chi connectivity index (χ2v) is 6.01. The predicted molar refractivity (Wildman–Crippen MR) is 89.8 cm³/mol. The number of aromatic nitrogens is 1. The molecule has 1 aliphatic carbocycles. The number of H-pyrrole nitrogens is 1. The first-order valence-electron chi connectivity index (χ1n) is 7.70. The fourth-order valence-electron chi connectivity index (χ4n) is 3.45. The molecule has 1 heterocycles. The predicted octanol–water partition coefficient (Wildman–Crippen LogP) is 3.15. The van der Waals surface area contributed by atoms with E-state index in [4.69, 9.17) is 0 Å². The molecule has 0 aliphatic heterocycles. The third-order valence-corrected chi connectivity index (χ3v) is 4.72. The van der Waals surface area contributed by atoms with Crippen LogP contribution < -0.4 is 0 Å². The molecule has 118 valence electrons. The topological polar surface area (TPSA) is 97.5 Å². The van der Waals surface area contributed by atoms with Gasteiger partial charge in [0, 0.05) is 16.6 Å². The van der Waals surface area contributed by atoms with E-state index in [0.29, 0.717) is 0 Å². The molecule has 25 heavy (non-hydrogen) atoms. The Hall–Kier alpha value is -3.70. The zero-order chi connectivity index (χ0) is 17.6. The van der Waals surface area contributed by atoms with E-state index in [0.717, 1.165) is 10.9 Å². The highest BCUT2D eigenvalue weighted by molar-refractivity contribution is 6.27. The van der Waals surface area contributed by atoms with Crippen molar-refractivity contribution in [3.05, 3.63) is 71.4 Å². The maximum absolute atomic E-state index is 12.8. The fraction of sp³-hybridized carbons (Fsp3) is 0.100. The van der Waals surface area contributed by atoms with E-state index in [-0.39, 0.29) is 16.8 Å². The van der Waals surface area contributed by atoms with Gasteiger partial charge in [-0.05, 0) is 17.5 Å². The van der Waals surface area contributed by atoms with Gasteiger partial charge in [-0.1, -0.05) is 42.5 Å². The standard InChI is InChI=1S/C20H11N3O2/c21-10-20(11-22,16-9-12-5-1-4-8-15(12)23-16)17-18(24)13-6-2-3-7-14(13)19(17)25/h1-9,17,23H. The van der Waals surface area contributed by atoms with Crippen LogP contribution in [0.2, 0.25) is 0 Å². The number of benzene rings is 2. The number of Topliss-reactive ketones (excluding diaryl/α,β-unsaturated/α-hetero) is 2. The van der Waals surface area contributed by atoms with Crippen molar-refractivity contribution < 1.29 is 9.59 Å². The molecule has 0 unspecified atom stereocenters. The Kier molecular flexibility index (Phi) is 3.07. The van der Waals surface area contributed by atoms with Gasteiger partial charge >= 0.3 is 0 Å². The van der Waals surface area contributed by atoms with Crippen LogP contribution in [0.1, 0.15) is 26.4 Å². The molecule has 0 atom stereocenters.